The second-order valence-electron chi connectivity index (χ2n) is 2.15. The highest BCUT2D eigenvalue weighted by atomic mass is 79.9. The molecule has 6 heteroatoms. The standard InChI is InChI=1S/C6H5BrO3S.C2H3N/c7-5-1-3-6(4-2-5)11(8,9)10;1-2-3/h1-4H,(H,8,9,10);1H3. The maximum Gasteiger partial charge on any atom is 0.294 e. The molecule has 0 radical (unpaired) electrons. The van der Waals surface area contributed by atoms with Crippen LogP contribution in [-0.2, 0) is 10.1 Å². The third-order valence-corrected chi connectivity index (χ3v) is 2.51. The van der Waals surface area contributed by atoms with Crippen molar-refractivity contribution in [1.82, 2.24) is 0 Å². The van der Waals surface area contributed by atoms with E-state index in [4.69, 9.17) is 9.81 Å². The van der Waals surface area contributed by atoms with Crippen LogP contribution in [0, 0.1) is 11.3 Å². The average molecular weight is 278 g/mol. The molecule has 0 heterocycles. The molecule has 0 spiro atoms. The molecule has 0 aliphatic rings. The Bertz CT molecular complexity index is 419. The molecule has 1 aromatic rings. The van der Waals surface area contributed by atoms with E-state index in [2.05, 4.69) is 15.9 Å². The van der Waals surface area contributed by atoms with E-state index in [1.807, 2.05) is 0 Å². The van der Waals surface area contributed by atoms with Gasteiger partial charge in [0.25, 0.3) is 10.1 Å². The number of halogens is 1. The van der Waals surface area contributed by atoms with Crippen LogP contribution in [-0.4, -0.2) is 13.0 Å². The second kappa shape index (κ2) is 5.75. The molecule has 1 aromatic carbocycles. The van der Waals surface area contributed by atoms with Crippen molar-refractivity contribution in [3.05, 3.63) is 28.7 Å². The monoisotopic (exact) mass is 277 g/mol. The molecule has 1 N–H and O–H groups in total. The van der Waals surface area contributed by atoms with Gasteiger partial charge < -0.3 is 0 Å². The van der Waals surface area contributed by atoms with E-state index in [1.165, 1.54) is 19.1 Å². The van der Waals surface area contributed by atoms with E-state index < -0.39 is 10.1 Å². The fourth-order valence-electron chi connectivity index (χ4n) is 0.607. The lowest BCUT2D eigenvalue weighted by molar-refractivity contribution is 0.483. The second-order valence-corrected chi connectivity index (χ2v) is 4.49. The summed E-state index contributed by atoms with van der Waals surface area (Å²) >= 11 is 3.14. The fraction of sp³-hybridized carbons (Fsp3) is 0.125. The zero-order valence-electron chi connectivity index (χ0n) is 7.31. The topological polar surface area (TPSA) is 78.2 Å². The number of nitriles is 1. The van der Waals surface area contributed by atoms with Gasteiger partial charge in [-0.25, -0.2) is 0 Å². The highest BCUT2D eigenvalue weighted by Crippen LogP contribution is 2.13. The number of benzene rings is 1. The highest BCUT2D eigenvalue weighted by molar-refractivity contribution is 9.10. The molecular formula is C8H8BrNO3S. The first-order chi connectivity index (χ1) is 6.41. The van der Waals surface area contributed by atoms with Crippen molar-refractivity contribution in [2.24, 2.45) is 0 Å². The molecule has 1 rings (SSSR count). The van der Waals surface area contributed by atoms with Crippen LogP contribution < -0.4 is 0 Å². The lowest BCUT2D eigenvalue weighted by Gasteiger charge is -1.94. The summed E-state index contributed by atoms with van der Waals surface area (Å²) in [6.45, 7) is 1.43. The zero-order chi connectivity index (χ0) is 11.2. The number of rotatable bonds is 1. The van der Waals surface area contributed by atoms with Gasteiger partial charge in [0.15, 0.2) is 0 Å². The SMILES string of the molecule is CC#N.O=S(=O)(O)c1ccc(Br)cc1. The van der Waals surface area contributed by atoms with Gasteiger partial charge in [-0.2, -0.15) is 13.7 Å². The van der Waals surface area contributed by atoms with Crippen LogP contribution in [0.15, 0.2) is 33.6 Å². The summed E-state index contributed by atoms with van der Waals surface area (Å²) in [5.41, 5.74) is 0. The molecule has 0 amide bonds. The van der Waals surface area contributed by atoms with Crippen molar-refractivity contribution in [2.75, 3.05) is 0 Å². The van der Waals surface area contributed by atoms with E-state index in [0.29, 0.717) is 0 Å². The van der Waals surface area contributed by atoms with Crippen LogP contribution in [0.4, 0.5) is 0 Å². The van der Waals surface area contributed by atoms with Crippen LogP contribution in [0.3, 0.4) is 0 Å². The molecule has 0 unspecified atom stereocenters. The quantitative estimate of drug-likeness (QED) is 0.799. The summed E-state index contributed by atoms with van der Waals surface area (Å²) in [5, 5.41) is 7.32. The van der Waals surface area contributed by atoms with E-state index in [1.54, 1.807) is 18.2 Å². The van der Waals surface area contributed by atoms with Gasteiger partial charge in [-0.3, -0.25) is 4.55 Å². The predicted molar refractivity (Wildman–Crippen MR) is 55.2 cm³/mol. The molecule has 0 fully saturated rings. The number of hydrogen-bond acceptors (Lipinski definition) is 3. The molecule has 0 atom stereocenters. The number of nitrogens with zero attached hydrogens (tertiary/aromatic N) is 1. The van der Waals surface area contributed by atoms with Gasteiger partial charge in [-0.15, -0.1) is 0 Å². The third-order valence-electron chi connectivity index (χ3n) is 1.11. The van der Waals surface area contributed by atoms with E-state index >= 15 is 0 Å². The molecule has 0 saturated heterocycles. The van der Waals surface area contributed by atoms with Crippen LogP contribution >= 0.6 is 15.9 Å². The summed E-state index contributed by atoms with van der Waals surface area (Å²) in [4.78, 5) is -0.0966. The maximum absolute atomic E-state index is 10.5. The summed E-state index contributed by atoms with van der Waals surface area (Å²) in [7, 11) is -4.04. The van der Waals surface area contributed by atoms with Gasteiger partial charge in [0.1, 0.15) is 0 Å². The van der Waals surface area contributed by atoms with Crippen molar-refractivity contribution in [3.63, 3.8) is 0 Å². The Labute approximate surface area is 91.1 Å². The molecule has 0 saturated carbocycles. The van der Waals surface area contributed by atoms with Crippen LogP contribution in [0.25, 0.3) is 0 Å². The molecule has 0 aliphatic heterocycles. The predicted octanol–water partition coefficient (Wildman–Crippen LogP) is 2.23. The van der Waals surface area contributed by atoms with Crippen LogP contribution in [0.1, 0.15) is 6.92 Å². The third kappa shape index (κ3) is 4.97. The Morgan fingerprint density at radius 2 is 1.71 bits per heavy atom. The first-order valence-corrected chi connectivity index (χ1v) is 5.69. The van der Waals surface area contributed by atoms with Gasteiger partial charge >= 0.3 is 0 Å². The molecule has 14 heavy (non-hydrogen) atoms. The van der Waals surface area contributed by atoms with Crippen molar-refractivity contribution in [3.8, 4) is 6.07 Å². The minimum atomic E-state index is -4.04. The molecular weight excluding hydrogens is 270 g/mol. The average Bonchev–Trinajstić information content (AvgIpc) is 2.04. The Morgan fingerprint density at radius 1 is 1.36 bits per heavy atom. The summed E-state index contributed by atoms with van der Waals surface area (Å²) in [6, 6.07) is 7.48. The first kappa shape index (κ1) is 13.1. The lowest BCUT2D eigenvalue weighted by Crippen LogP contribution is -1.96. The van der Waals surface area contributed by atoms with Gasteiger partial charge in [-0.05, 0) is 24.3 Å². The first-order valence-electron chi connectivity index (χ1n) is 3.45. The van der Waals surface area contributed by atoms with Crippen LogP contribution in [0.5, 0.6) is 0 Å². The van der Waals surface area contributed by atoms with Gasteiger partial charge in [0, 0.05) is 11.4 Å². The highest BCUT2D eigenvalue weighted by Gasteiger charge is 2.07. The molecule has 0 aromatic heterocycles. The summed E-state index contributed by atoms with van der Waals surface area (Å²) in [5.74, 6) is 0. The molecule has 4 nitrogen and oxygen atoms in total. The smallest absolute Gasteiger partial charge is 0.282 e. The molecule has 0 bridgehead atoms. The maximum atomic E-state index is 10.5. The van der Waals surface area contributed by atoms with E-state index in [9.17, 15) is 8.42 Å². The molecule has 76 valence electrons. The van der Waals surface area contributed by atoms with Gasteiger partial charge in [-0.1, -0.05) is 15.9 Å². The Balaban J connectivity index is 0.000000500. The van der Waals surface area contributed by atoms with E-state index in [0.717, 1.165) is 4.47 Å². The van der Waals surface area contributed by atoms with E-state index in [-0.39, 0.29) is 4.90 Å². The minimum Gasteiger partial charge on any atom is -0.282 e. The Kier molecular flexibility index (Phi) is 5.38. The largest absolute Gasteiger partial charge is 0.294 e. The van der Waals surface area contributed by atoms with Crippen LogP contribution in [0.2, 0.25) is 0 Å². The summed E-state index contributed by atoms with van der Waals surface area (Å²) < 4.78 is 30.3. The Morgan fingerprint density at radius 3 is 2.00 bits per heavy atom. The summed E-state index contributed by atoms with van der Waals surface area (Å²) in [6.07, 6.45) is 0. The Hall–Kier alpha value is -0.900. The van der Waals surface area contributed by atoms with Gasteiger partial charge in [0.2, 0.25) is 0 Å². The lowest BCUT2D eigenvalue weighted by atomic mass is 10.4. The zero-order valence-corrected chi connectivity index (χ0v) is 9.71. The van der Waals surface area contributed by atoms with Gasteiger partial charge in [0.05, 0.1) is 11.0 Å². The number of hydrogen-bond donors (Lipinski definition) is 1. The van der Waals surface area contributed by atoms with Crippen molar-refractivity contribution >= 4 is 26.0 Å². The van der Waals surface area contributed by atoms with Crippen molar-refractivity contribution in [2.45, 2.75) is 11.8 Å². The normalized spacial score (nSPS) is 9.57. The minimum absolute atomic E-state index is 0.0966. The molecule has 0 aliphatic carbocycles. The van der Waals surface area contributed by atoms with Crippen molar-refractivity contribution in [1.29, 1.82) is 5.26 Å². The fourth-order valence-corrected chi connectivity index (χ4v) is 1.35. The van der Waals surface area contributed by atoms with Crippen molar-refractivity contribution < 1.29 is 13.0 Å².